The Balaban J connectivity index is 1.35. The van der Waals surface area contributed by atoms with Crippen molar-refractivity contribution in [2.24, 2.45) is 11.8 Å². The smallest absolute Gasteiger partial charge is 0.158 e. The minimum atomic E-state index is -1.25. The van der Waals surface area contributed by atoms with E-state index in [2.05, 4.69) is 6.92 Å². The van der Waals surface area contributed by atoms with Crippen molar-refractivity contribution in [3.63, 3.8) is 0 Å². The lowest BCUT2D eigenvalue weighted by Crippen LogP contribution is -2.21. The van der Waals surface area contributed by atoms with Crippen molar-refractivity contribution in [2.75, 3.05) is 0 Å². The third-order valence-electron chi connectivity index (χ3n) is 8.11. The largest absolute Gasteiger partial charge is 0.212 e. The predicted molar refractivity (Wildman–Crippen MR) is 129 cm³/mol. The fourth-order valence-electron chi connectivity index (χ4n) is 6.08. The Labute approximate surface area is 193 Å². The average molecular weight is 469 g/mol. The Bertz CT molecular complexity index is 708. The Morgan fingerprint density at radius 3 is 2.00 bits per heavy atom. The Morgan fingerprint density at radius 2 is 1.47 bits per heavy atom. The predicted octanol–water partition coefficient (Wildman–Crippen LogP) is 9.47. The Kier molecular flexibility index (Phi) is 10.3. The number of halogens is 4. The molecule has 1 saturated heterocycles. The van der Waals surface area contributed by atoms with Crippen molar-refractivity contribution in [1.82, 2.24) is 0 Å². The number of unbranched alkanes of at least 4 members (excludes halogenated alkanes) is 2. The topological polar surface area (TPSA) is 0 Å². The number of rotatable bonds is 10. The second-order valence-corrected chi connectivity index (χ2v) is 13.8. The van der Waals surface area contributed by atoms with E-state index < -0.39 is 17.5 Å². The third-order valence-corrected chi connectivity index (χ3v) is 11.6. The zero-order chi connectivity index (χ0) is 22.9. The molecule has 1 aliphatic heterocycles. The molecule has 180 valence electrons. The number of hydrogen-bond acceptors (Lipinski definition) is 0. The molecule has 0 atom stereocenters. The molecule has 2 fully saturated rings. The molecule has 1 heterocycles. The molecule has 1 aliphatic carbocycles. The first-order valence-electron chi connectivity index (χ1n) is 13.0. The summed E-state index contributed by atoms with van der Waals surface area (Å²) in [6, 6.07) is 6.53. The highest BCUT2D eigenvalue weighted by atomic mass is 28.3. The maximum Gasteiger partial charge on any atom is 0.158 e. The van der Waals surface area contributed by atoms with Gasteiger partial charge in [0, 0.05) is 19.9 Å². The fraction of sp³-hybridized carbons (Fsp3) is 0.704. The van der Waals surface area contributed by atoms with Crippen LogP contribution in [0.25, 0.3) is 5.83 Å². The normalized spacial score (nSPS) is 27.0. The van der Waals surface area contributed by atoms with E-state index in [4.69, 9.17) is 0 Å². The van der Waals surface area contributed by atoms with Gasteiger partial charge in [0.1, 0.15) is 18.0 Å². The number of benzene rings is 1. The van der Waals surface area contributed by atoms with Crippen LogP contribution in [0.3, 0.4) is 0 Å². The quantitative estimate of drug-likeness (QED) is 0.182. The lowest BCUT2D eigenvalue weighted by atomic mass is 9.76. The van der Waals surface area contributed by atoms with Gasteiger partial charge in [-0.25, -0.2) is 17.6 Å². The zero-order valence-electron chi connectivity index (χ0n) is 19.7. The van der Waals surface area contributed by atoms with Crippen molar-refractivity contribution in [2.45, 2.75) is 108 Å². The second-order valence-electron chi connectivity index (χ2n) is 10.3. The van der Waals surface area contributed by atoms with E-state index in [1.54, 1.807) is 18.1 Å². The van der Waals surface area contributed by atoms with Gasteiger partial charge in [-0.05, 0) is 55.6 Å². The van der Waals surface area contributed by atoms with Gasteiger partial charge < -0.3 is 0 Å². The van der Waals surface area contributed by atoms with Crippen LogP contribution in [0.5, 0.6) is 0 Å². The Morgan fingerprint density at radius 1 is 0.906 bits per heavy atom. The summed E-state index contributed by atoms with van der Waals surface area (Å²) >= 11 is 0. The third kappa shape index (κ3) is 7.20. The van der Waals surface area contributed by atoms with E-state index in [9.17, 15) is 17.6 Å². The van der Waals surface area contributed by atoms with Gasteiger partial charge in [0.05, 0.1) is 0 Å². The van der Waals surface area contributed by atoms with E-state index in [0.717, 1.165) is 43.7 Å². The monoisotopic (exact) mass is 468 g/mol. The van der Waals surface area contributed by atoms with Crippen molar-refractivity contribution in [3.8, 4) is 0 Å². The second kappa shape index (κ2) is 13.0. The van der Waals surface area contributed by atoms with Gasteiger partial charge >= 0.3 is 0 Å². The summed E-state index contributed by atoms with van der Waals surface area (Å²) in [5.41, 5.74) is -0.325. The van der Waals surface area contributed by atoms with E-state index in [0.29, 0.717) is 5.92 Å². The van der Waals surface area contributed by atoms with Crippen LogP contribution >= 0.6 is 0 Å². The van der Waals surface area contributed by atoms with Crippen LogP contribution in [-0.4, -0.2) is 8.80 Å². The molecular weight excluding hydrogens is 428 g/mol. The van der Waals surface area contributed by atoms with Gasteiger partial charge in [-0.2, -0.15) is 0 Å². The molecule has 0 spiro atoms. The van der Waals surface area contributed by atoms with Crippen LogP contribution in [0.4, 0.5) is 17.6 Å². The van der Waals surface area contributed by atoms with Crippen molar-refractivity contribution in [1.29, 1.82) is 0 Å². The van der Waals surface area contributed by atoms with Crippen LogP contribution in [0.2, 0.25) is 18.1 Å². The molecule has 0 unspecified atom stereocenters. The van der Waals surface area contributed by atoms with E-state index in [-0.39, 0.29) is 32.2 Å². The minimum absolute atomic E-state index is 0.0527. The van der Waals surface area contributed by atoms with Crippen molar-refractivity contribution < 1.29 is 17.6 Å². The van der Waals surface area contributed by atoms with Gasteiger partial charge in [-0.3, -0.25) is 0 Å². The maximum absolute atomic E-state index is 14.4. The standard InChI is InChI=1S/C27H40F4Si/c1-2-3-14-32-15-12-21(13-16-32)7-5-4-6-20-8-10-22(11-9-20)27-24(29)17-23(18-25(27)30)26(31)19-28/h17-22,32H,2-16H2,1H3. The molecule has 0 N–H and O–H groups in total. The maximum atomic E-state index is 14.4. The van der Waals surface area contributed by atoms with E-state index in [1.165, 1.54) is 51.4 Å². The summed E-state index contributed by atoms with van der Waals surface area (Å²) in [5, 5.41) is 0. The molecule has 32 heavy (non-hydrogen) atoms. The average Bonchev–Trinajstić information content (AvgIpc) is 2.81. The Hall–Kier alpha value is -1.10. The van der Waals surface area contributed by atoms with Gasteiger partial charge in [0.25, 0.3) is 0 Å². The molecule has 0 bridgehead atoms. The van der Waals surface area contributed by atoms with Crippen molar-refractivity contribution >= 4 is 14.6 Å². The molecule has 5 heteroatoms. The highest BCUT2D eigenvalue weighted by Gasteiger charge is 2.27. The highest BCUT2D eigenvalue weighted by molar-refractivity contribution is 6.58. The molecule has 0 nitrogen and oxygen atoms in total. The molecule has 0 aromatic heterocycles. The summed E-state index contributed by atoms with van der Waals surface area (Å²) < 4.78 is 54.6. The first-order valence-corrected chi connectivity index (χ1v) is 15.4. The van der Waals surface area contributed by atoms with Crippen LogP contribution in [0, 0.1) is 23.5 Å². The molecule has 0 radical (unpaired) electrons. The van der Waals surface area contributed by atoms with Gasteiger partial charge in [-0.15, -0.1) is 0 Å². The number of hydrogen-bond donors (Lipinski definition) is 0. The molecule has 2 aliphatic rings. The van der Waals surface area contributed by atoms with Crippen molar-refractivity contribution in [3.05, 3.63) is 41.2 Å². The van der Waals surface area contributed by atoms with Crippen LogP contribution < -0.4 is 0 Å². The molecule has 1 aromatic rings. The zero-order valence-corrected chi connectivity index (χ0v) is 20.8. The first kappa shape index (κ1) is 25.5. The molecule has 3 rings (SSSR count). The lowest BCUT2D eigenvalue weighted by molar-refractivity contribution is 0.290. The van der Waals surface area contributed by atoms with Gasteiger partial charge in [-0.1, -0.05) is 76.4 Å². The summed E-state index contributed by atoms with van der Waals surface area (Å²) in [6.07, 6.45) is 14.2. The van der Waals surface area contributed by atoms with Gasteiger partial charge in [0.15, 0.2) is 5.83 Å². The molecule has 1 aromatic carbocycles. The van der Waals surface area contributed by atoms with E-state index in [1.807, 2.05) is 0 Å². The molecule has 1 saturated carbocycles. The molecule has 0 amide bonds. The minimum Gasteiger partial charge on any atom is -0.212 e. The SMILES string of the molecule is CCCC[SiH]1CCC(CCCCC2CCC(c3c(F)cc(C(F)=CF)cc3F)CC2)CC1. The van der Waals surface area contributed by atoms with Crippen LogP contribution in [-0.2, 0) is 0 Å². The van der Waals surface area contributed by atoms with Gasteiger partial charge in [0.2, 0.25) is 0 Å². The lowest BCUT2D eigenvalue weighted by Gasteiger charge is -2.30. The van der Waals surface area contributed by atoms with E-state index >= 15 is 0 Å². The summed E-state index contributed by atoms with van der Waals surface area (Å²) in [5.74, 6) is -1.31. The van der Waals surface area contributed by atoms with Crippen LogP contribution in [0.15, 0.2) is 18.5 Å². The summed E-state index contributed by atoms with van der Waals surface area (Å²) in [6.45, 7) is 2.30. The van der Waals surface area contributed by atoms with Crippen LogP contribution in [0.1, 0.15) is 101 Å². The summed E-state index contributed by atoms with van der Waals surface area (Å²) in [4.78, 5) is 0. The molecular formula is C27H40F4Si. The highest BCUT2D eigenvalue weighted by Crippen LogP contribution is 2.40. The fourth-order valence-corrected chi connectivity index (χ4v) is 9.82. The summed E-state index contributed by atoms with van der Waals surface area (Å²) in [7, 11) is -0.387. The first-order chi connectivity index (χ1) is 15.5.